The smallest absolute Gasteiger partial charge is 0.340 e. The van der Waals surface area contributed by atoms with Gasteiger partial charge in [0.25, 0.3) is 0 Å². The van der Waals surface area contributed by atoms with Gasteiger partial charge < -0.3 is 10.1 Å². The van der Waals surface area contributed by atoms with Gasteiger partial charge in [0.15, 0.2) is 0 Å². The second-order valence-corrected chi connectivity index (χ2v) is 7.47. The van der Waals surface area contributed by atoms with Crippen molar-refractivity contribution in [1.82, 2.24) is 0 Å². The number of carbonyl (C=O) groups excluding carboxylic acids is 2. The van der Waals surface area contributed by atoms with Crippen molar-refractivity contribution in [2.45, 2.75) is 6.92 Å². The molecular formula is C18H19FN2O5S. The summed E-state index contributed by atoms with van der Waals surface area (Å²) in [6, 6.07) is 10.9. The number of sulfonamides is 1. The molecule has 0 atom stereocenters. The molecule has 9 heteroatoms. The Morgan fingerprint density at radius 3 is 2.33 bits per heavy atom. The Hall–Kier alpha value is -2.94. The molecule has 144 valence electrons. The lowest BCUT2D eigenvalue weighted by Crippen LogP contribution is -2.37. The number of amides is 1. The van der Waals surface area contributed by atoms with Crippen LogP contribution in [0, 0.1) is 5.82 Å². The number of nitrogens with one attached hydrogen (secondary N) is 1. The molecule has 2 aromatic carbocycles. The Kier molecular flexibility index (Phi) is 6.51. The summed E-state index contributed by atoms with van der Waals surface area (Å²) in [6.07, 6.45) is 0.941. The number of nitrogens with zero attached hydrogens (tertiary/aromatic N) is 1. The van der Waals surface area contributed by atoms with Crippen LogP contribution in [0.2, 0.25) is 0 Å². The van der Waals surface area contributed by atoms with E-state index in [1.54, 1.807) is 19.1 Å². The number of rotatable bonds is 7. The highest BCUT2D eigenvalue weighted by Gasteiger charge is 2.22. The Morgan fingerprint density at radius 2 is 1.74 bits per heavy atom. The zero-order chi connectivity index (χ0) is 20.0. The summed E-state index contributed by atoms with van der Waals surface area (Å²) in [5.41, 5.74) is 0.502. The lowest BCUT2D eigenvalue weighted by Gasteiger charge is -2.22. The van der Waals surface area contributed by atoms with E-state index in [1.165, 1.54) is 24.3 Å². The van der Waals surface area contributed by atoms with Gasteiger partial charge in [-0.05, 0) is 43.3 Å². The van der Waals surface area contributed by atoms with Crippen LogP contribution in [0.3, 0.4) is 0 Å². The Labute approximate surface area is 156 Å². The molecule has 0 unspecified atom stereocenters. The van der Waals surface area contributed by atoms with E-state index >= 15 is 0 Å². The fourth-order valence-corrected chi connectivity index (χ4v) is 3.16. The van der Waals surface area contributed by atoms with E-state index in [0.29, 0.717) is 0 Å². The minimum atomic E-state index is -3.79. The molecule has 0 fully saturated rings. The summed E-state index contributed by atoms with van der Waals surface area (Å²) in [4.78, 5) is 24.4. The monoisotopic (exact) mass is 394 g/mol. The first-order valence-electron chi connectivity index (χ1n) is 8.01. The molecule has 0 aromatic heterocycles. The molecule has 0 bridgehead atoms. The maximum atomic E-state index is 13.1. The third-order valence-corrected chi connectivity index (χ3v) is 4.64. The predicted molar refractivity (Wildman–Crippen MR) is 99.6 cm³/mol. The number of benzene rings is 2. The molecule has 0 saturated carbocycles. The van der Waals surface area contributed by atoms with Crippen LogP contribution in [-0.4, -0.2) is 39.7 Å². The van der Waals surface area contributed by atoms with Crippen LogP contribution in [-0.2, 0) is 19.6 Å². The molecular weight excluding hydrogens is 375 g/mol. The molecule has 27 heavy (non-hydrogen) atoms. The van der Waals surface area contributed by atoms with E-state index in [0.717, 1.165) is 22.7 Å². The summed E-state index contributed by atoms with van der Waals surface area (Å²) >= 11 is 0. The van der Waals surface area contributed by atoms with Crippen LogP contribution < -0.4 is 9.62 Å². The van der Waals surface area contributed by atoms with Gasteiger partial charge in [0.1, 0.15) is 12.4 Å². The Morgan fingerprint density at radius 1 is 1.11 bits per heavy atom. The van der Waals surface area contributed by atoms with Gasteiger partial charge in [-0.25, -0.2) is 17.6 Å². The first-order chi connectivity index (χ1) is 12.7. The van der Waals surface area contributed by atoms with Crippen LogP contribution in [0.1, 0.15) is 17.3 Å². The summed E-state index contributed by atoms with van der Waals surface area (Å²) in [6.45, 7) is 1.29. The van der Waals surface area contributed by atoms with E-state index < -0.39 is 34.3 Å². The zero-order valence-electron chi connectivity index (χ0n) is 14.8. The molecule has 1 N–H and O–H groups in total. The predicted octanol–water partition coefficient (Wildman–Crippen LogP) is 2.41. The number of esters is 1. The van der Waals surface area contributed by atoms with Crippen molar-refractivity contribution in [3.8, 4) is 0 Å². The summed E-state index contributed by atoms with van der Waals surface area (Å²) in [7, 11) is -3.79. The molecule has 0 heterocycles. The molecule has 0 saturated heterocycles. The van der Waals surface area contributed by atoms with Gasteiger partial charge in [0.05, 0.1) is 29.8 Å². The SMILES string of the molecule is CCOC(=O)c1ccccc1NC(=O)CN(c1ccc(F)cc1)S(C)(=O)=O. The van der Waals surface area contributed by atoms with Crippen molar-refractivity contribution in [3.05, 3.63) is 59.9 Å². The van der Waals surface area contributed by atoms with Gasteiger partial charge in [0.2, 0.25) is 15.9 Å². The quantitative estimate of drug-likeness (QED) is 0.728. The number of anilines is 2. The second-order valence-electron chi connectivity index (χ2n) is 5.56. The van der Waals surface area contributed by atoms with E-state index in [9.17, 15) is 22.4 Å². The van der Waals surface area contributed by atoms with Crippen molar-refractivity contribution in [3.63, 3.8) is 0 Å². The number of carbonyl (C=O) groups is 2. The molecule has 0 radical (unpaired) electrons. The average molecular weight is 394 g/mol. The maximum Gasteiger partial charge on any atom is 0.340 e. The number of halogens is 1. The molecule has 0 aliphatic carbocycles. The van der Waals surface area contributed by atoms with Crippen LogP contribution in [0.25, 0.3) is 0 Å². The first kappa shape index (κ1) is 20.4. The van der Waals surface area contributed by atoms with Gasteiger partial charge in [-0.15, -0.1) is 0 Å². The van der Waals surface area contributed by atoms with Crippen LogP contribution in [0.5, 0.6) is 0 Å². The minimum absolute atomic E-state index is 0.146. The highest BCUT2D eigenvalue weighted by atomic mass is 32.2. The number of ether oxygens (including phenoxy) is 1. The summed E-state index contributed by atoms with van der Waals surface area (Å²) in [5.74, 6) is -1.80. The molecule has 0 spiro atoms. The third-order valence-electron chi connectivity index (χ3n) is 3.50. The number of para-hydroxylation sites is 1. The zero-order valence-corrected chi connectivity index (χ0v) is 15.6. The fraction of sp³-hybridized carbons (Fsp3) is 0.222. The Bertz CT molecular complexity index is 929. The van der Waals surface area contributed by atoms with Gasteiger partial charge in [0, 0.05) is 0 Å². The Balaban J connectivity index is 2.22. The van der Waals surface area contributed by atoms with Crippen LogP contribution >= 0.6 is 0 Å². The van der Waals surface area contributed by atoms with Crippen molar-refractivity contribution in [2.24, 2.45) is 0 Å². The van der Waals surface area contributed by atoms with Crippen molar-refractivity contribution in [2.75, 3.05) is 29.0 Å². The topological polar surface area (TPSA) is 92.8 Å². The van der Waals surface area contributed by atoms with E-state index in [2.05, 4.69) is 5.32 Å². The third kappa shape index (κ3) is 5.52. The van der Waals surface area contributed by atoms with Crippen LogP contribution in [0.4, 0.5) is 15.8 Å². The highest BCUT2D eigenvalue weighted by Crippen LogP contribution is 2.20. The molecule has 7 nitrogen and oxygen atoms in total. The van der Waals surface area contributed by atoms with E-state index in [4.69, 9.17) is 4.74 Å². The average Bonchev–Trinajstić information content (AvgIpc) is 2.60. The first-order valence-corrected chi connectivity index (χ1v) is 9.86. The van der Waals surface area contributed by atoms with E-state index in [-0.39, 0.29) is 23.5 Å². The molecule has 1 amide bonds. The number of hydrogen-bond acceptors (Lipinski definition) is 5. The summed E-state index contributed by atoms with van der Waals surface area (Å²) < 4.78 is 43.0. The van der Waals surface area contributed by atoms with Crippen molar-refractivity contribution >= 4 is 33.3 Å². The van der Waals surface area contributed by atoms with Crippen molar-refractivity contribution < 1.29 is 27.1 Å². The lowest BCUT2D eigenvalue weighted by molar-refractivity contribution is -0.114. The highest BCUT2D eigenvalue weighted by molar-refractivity contribution is 7.92. The van der Waals surface area contributed by atoms with Crippen LogP contribution in [0.15, 0.2) is 48.5 Å². The molecule has 0 aliphatic heterocycles. The van der Waals surface area contributed by atoms with E-state index in [1.807, 2.05) is 0 Å². The van der Waals surface area contributed by atoms with Crippen molar-refractivity contribution in [1.29, 1.82) is 0 Å². The molecule has 2 aromatic rings. The van der Waals surface area contributed by atoms with Gasteiger partial charge in [-0.3, -0.25) is 9.10 Å². The van der Waals surface area contributed by atoms with Gasteiger partial charge in [-0.1, -0.05) is 12.1 Å². The minimum Gasteiger partial charge on any atom is -0.462 e. The fourth-order valence-electron chi connectivity index (χ4n) is 2.31. The van der Waals surface area contributed by atoms with Gasteiger partial charge in [-0.2, -0.15) is 0 Å². The lowest BCUT2D eigenvalue weighted by atomic mass is 10.2. The molecule has 2 rings (SSSR count). The summed E-state index contributed by atoms with van der Waals surface area (Å²) in [5, 5.41) is 2.51. The standard InChI is InChI=1S/C18H19FN2O5S/c1-3-26-18(23)15-6-4-5-7-16(15)20-17(22)12-21(27(2,24)25)14-10-8-13(19)9-11-14/h4-11H,3,12H2,1-2H3,(H,20,22). The normalized spacial score (nSPS) is 10.9. The van der Waals surface area contributed by atoms with Gasteiger partial charge >= 0.3 is 5.97 Å². The molecule has 0 aliphatic rings. The maximum absolute atomic E-state index is 13.1. The second kappa shape index (κ2) is 8.63. The number of hydrogen-bond donors (Lipinski definition) is 1. The largest absolute Gasteiger partial charge is 0.462 e.